The second-order valence-corrected chi connectivity index (χ2v) is 5.39. The number of hydrogen-bond acceptors (Lipinski definition) is 5. The van der Waals surface area contributed by atoms with Gasteiger partial charge in [-0.3, -0.25) is 9.79 Å². The van der Waals surface area contributed by atoms with Crippen LogP contribution < -0.4 is 0 Å². The molecule has 0 radical (unpaired) electrons. The monoisotopic (exact) mass is 349 g/mol. The van der Waals surface area contributed by atoms with Gasteiger partial charge < -0.3 is 0 Å². The van der Waals surface area contributed by atoms with Crippen LogP contribution in [0.15, 0.2) is 41.4 Å². The molecule has 0 atom stereocenters. The Labute approximate surface area is 153 Å². The van der Waals surface area contributed by atoms with Gasteiger partial charge in [0.1, 0.15) is 5.69 Å². The van der Waals surface area contributed by atoms with Gasteiger partial charge in [0, 0.05) is 18.9 Å². The van der Waals surface area contributed by atoms with E-state index in [2.05, 4.69) is 27.0 Å². The first kappa shape index (κ1) is 19.2. The zero-order valence-corrected chi connectivity index (χ0v) is 15.6. The van der Waals surface area contributed by atoms with Crippen molar-refractivity contribution in [2.75, 3.05) is 0 Å². The highest BCUT2D eigenvalue weighted by Gasteiger charge is 2.11. The summed E-state index contributed by atoms with van der Waals surface area (Å²) < 4.78 is 1.62. The highest BCUT2D eigenvalue weighted by atomic mass is 16.1. The van der Waals surface area contributed by atoms with Gasteiger partial charge in [-0.2, -0.15) is 9.61 Å². The molecule has 0 amide bonds. The summed E-state index contributed by atoms with van der Waals surface area (Å²) in [5.74, 6) is 0.590. The van der Waals surface area contributed by atoms with Crippen LogP contribution in [0.25, 0.3) is 11.7 Å². The summed E-state index contributed by atoms with van der Waals surface area (Å²) in [5, 5.41) is 12.6. The van der Waals surface area contributed by atoms with Crippen LogP contribution in [0.3, 0.4) is 0 Å². The van der Waals surface area contributed by atoms with Gasteiger partial charge in [0.05, 0.1) is 5.69 Å². The van der Waals surface area contributed by atoms with Crippen molar-refractivity contribution in [3.63, 3.8) is 0 Å². The molecule has 0 aliphatic heterocycles. The lowest BCUT2D eigenvalue weighted by molar-refractivity contribution is 0.101. The molecule has 6 nitrogen and oxygen atoms in total. The normalized spacial score (nSPS) is 10.6. The highest BCUT2D eigenvalue weighted by Crippen LogP contribution is 2.23. The number of hydrogen-bond donors (Lipinski definition) is 0. The molecule has 3 aromatic rings. The summed E-state index contributed by atoms with van der Waals surface area (Å²) in [6, 6.07) is 9.35. The fraction of sp³-hybridized carbons (Fsp3) is 0.250. The first-order valence-electron chi connectivity index (χ1n) is 8.57. The van der Waals surface area contributed by atoms with Crippen LogP contribution in [0.5, 0.6) is 0 Å². The Hall–Kier alpha value is -3.15. The van der Waals surface area contributed by atoms with Gasteiger partial charge in [-0.1, -0.05) is 32.1 Å². The molecule has 0 N–H and O–H groups in total. The molecule has 2 heterocycles. The molecule has 6 heteroatoms. The Morgan fingerprint density at radius 1 is 1.23 bits per heavy atom. The van der Waals surface area contributed by atoms with Gasteiger partial charge in [-0.25, -0.2) is 0 Å². The predicted octanol–water partition coefficient (Wildman–Crippen LogP) is 4.31. The van der Waals surface area contributed by atoms with Gasteiger partial charge in [0.15, 0.2) is 17.3 Å². The minimum absolute atomic E-state index is 0.0895. The van der Waals surface area contributed by atoms with E-state index in [1.54, 1.807) is 16.6 Å². The quantitative estimate of drug-likeness (QED) is 0.508. The van der Waals surface area contributed by atoms with Gasteiger partial charge >= 0.3 is 0 Å². The number of carbonyl (C=O) groups excluding carboxylic acids is 1. The third-order valence-corrected chi connectivity index (χ3v) is 3.66. The molecule has 0 fully saturated rings. The van der Waals surface area contributed by atoms with Gasteiger partial charge in [0.25, 0.3) is 0 Å². The highest BCUT2D eigenvalue weighted by molar-refractivity contribution is 5.92. The van der Waals surface area contributed by atoms with E-state index < -0.39 is 0 Å². The first-order valence-corrected chi connectivity index (χ1v) is 8.57. The van der Waals surface area contributed by atoms with Gasteiger partial charge in [-0.15, -0.1) is 10.2 Å². The first-order chi connectivity index (χ1) is 12.6. The largest absolute Gasteiger partial charge is 0.293 e. The Morgan fingerprint density at radius 2 is 2.00 bits per heavy atom. The Bertz CT molecular complexity index is 956. The number of Topliss-reactive ketones (excluding diaryl/α,β-unsaturated/α-hetero) is 1. The lowest BCUT2D eigenvalue weighted by Crippen LogP contribution is -2.05. The number of benzene rings is 1. The predicted molar refractivity (Wildman–Crippen MR) is 105 cm³/mol. The van der Waals surface area contributed by atoms with Crippen molar-refractivity contribution in [1.82, 2.24) is 19.8 Å². The van der Waals surface area contributed by atoms with Crippen LogP contribution in [0.2, 0.25) is 0 Å². The maximum absolute atomic E-state index is 11.5. The fourth-order valence-corrected chi connectivity index (χ4v) is 2.48. The lowest BCUT2D eigenvalue weighted by Gasteiger charge is -2.05. The number of allylic oxidation sites excluding steroid dienone is 1. The molecule has 3 rings (SSSR count). The van der Waals surface area contributed by atoms with E-state index in [4.69, 9.17) is 0 Å². The third-order valence-electron chi connectivity index (χ3n) is 3.66. The smallest absolute Gasteiger partial charge is 0.179 e. The van der Waals surface area contributed by atoms with Crippen LogP contribution in [0, 0.1) is 0 Å². The summed E-state index contributed by atoms with van der Waals surface area (Å²) >= 11 is 0. The SMILES string of the molecule is C=Nc1ccc(Cc2nnc3ccc(C(C)=O)nn23)cc1/C=C\C.CC. The number of ketones is 1. The molecule has 0 bridgehead atoms. The topological polar surface area (TPSA) is 72.5 Å². The van der Waals surface area contributed by atoms with Crippen LogP contribution in [0.1, 0.15) is 55.1 Å². The average molecular weight is 349 g/mol. The van der Waals surface area contributed by atoms with E-state index in [1.165, 1.54) is 6.92 Å². The minimum Gasteiger partial charge on any atom is -0.293 e. The number of nitrogens with zero attached hydrogens (tertiary/aromatic N) is 5. The van der Waals surface area contributed by atoms with Crippen molar-refractivity contribution in [2.45, 2.75) is 34.1 Å². The van der Waals surface area contributed by atoms with E-state index in [1.807, 2.05) is 51.1 Å². The second-order valence-electron chi connectivity index (χ2n) is 5.39. The van der Waals surface area contributed by atoms with Crippen LogP contribution in [-0.4, -0.2) is 32.3 Å². The maximum Gasteiger partial charge on any atom is 0.179 e. The number of rotatable bonds is 5. The summed E-state index contributed by atoms with van der Waals surface area (Å²) in [5.41, 5.74) is 3.90. The molecular weight excluding hydrogens is 326 g/mol. The molecule has 0 spiro atoms. The van der Waals surface area contributed by atoms with Gasteiger partial charge in [0.2, 0.25) is 0 Å². The van der Waals surface area contributed by atoms with E-state index in [0.29, 0.717) is 23.6 Å². The summed E-state index contributed by atoms with van der Waals surface area (Å²) in [7, 11) is 0. The third kappa shape index (κ3) is 4.08. The Morgan fingerprint density at radius 3 is 2.65 bits per heavy atom. The van der Waals surface area contributed by atoms with E-state index in [-0.39, 0.29) is 5.78 Å². The molecular formula is C20H23N5O. The van der Waals surface area contributed by atoms with Crippen LogP contribution in [0.4, 0.5) is 5.69 Å². The van der Waals surface area contributed by atoms with E-state index >= 15 is 0 Å². The Kier molecular flexibility index (Phi) is 6.49. The molecule has 0 saturated carbocycles. The zero-order chi connectivity index (χ0) is 19.1. The maximum atomic E-state index is 11.5. The summed E-state index contributed by atoms with van der Waals surface area (Å²) in [6.45, 7) is 11.0. The molecule has 0 unspecified atom stereocenters. The summed E-state index contributed by atoms with van der Waals surface area (Å²) in [6.07, 6.45) is 4.50. The van der Waals surface area contributed by atoms with Crippen molar-refractivity contribution in [3.8, 4) is 0 Å². The van der Waals surface area contributed by atoms with Gasteiger partial charge in [-0.05, 0) is 43.5 Å². The molecule has 0 aliphatic rings. The fourth-order valence-electron chi connectivity index (χ4n) is 2.48. The van der Waals surface area contributed by atoms with E-state index in [0.717, 1.165) is 16.8 Å². The van der Waals surface area contributed by atoms with E-state index in [9.17, 15) is 4.79 Å². The van der Waals surface area contributed by atoms with Crippen LogP contribution in [-0.2, 0) is 6.42 Å². The van der Waals surface area contributed by atoms with Crippen LogP contribution >= 0.6 is 0 Å². The number of aromatic nitrogens is 4. The standard InChI is InChI=1S/C18H17N5O.C2H6/c1-4-5-14-10-13(6-7-16(14)19-3)11-18-21-20-17-9-8-15(12(2)24)22-23(17)18;1-2/h4-10H,3,11H2,1-2H3;1-2H3/b5-4-;. The lowest BCUT2D eigenvalue weighted by atomic mass is 10.1. The average Bonchev–Trinajstić information content (AvgIpc) is 3.06. The molecule has 0 saturated heterocycles. The molecule has 134 valence electrons. The van der Waals surface area contributed by atoms with Crippen molar-refractivity contribution in [2.24, 2.45) is 4.99 Å². The number of aliphatic imine (C=N–C) groups is 1. The molecule has 26 heavy (non-hydrogen) atoms. The molecule has 2 aromatic heterocycles. The molecule has 0 aliphatic carbocycles. The van der Waals surface area contributed by atoms with Crippen molar-refractivity contribution in [3.05, 3.63) is 59.1 Å². The van der Waals surface area contributed by atoms with Crippen molar-refractivity contribution in [1.29, 1.82) is 0 Å². The number of carbonyl (C=O) groups is 1. The summed E-state index contributed by atoms with van der Waals surface area (Å²) in [4.78, 5) is 15.6. The van der Waals surface area contributed by atoms with Crippen molar-refractivity contribution < 1.29 is 4.79 Å². The molecule has 1 aromatic carbocycles. The Balaban J connectivity index is 0.00000117. The van der Waals surface area contributed by atoms with Crippen molar-refractivity contribution >= 4 is 29.9 Å². The zero-order valence-electron chi connectivity index (χ0n) is 15.6. The number of fused-ring (bicyclic) bond motifs is 1. The minimum atomic E-state index is -0.0895. The second kappa shape index (κ2) is 8.80.